The van der Waals surface area contributed by atoms with Crippen LogP contribution in [0.1, 0.15) is 5.69 Å². The van der Waals surface area contributed by atoms with Crippen LogP contribution in [0.2, 0.25) is 0 Å². The number of nitro benzene ring substituents is 1. The minimum absolute atomic E-state index is 0.189. The molecule has 0 saturated carbocycles. The molecule has 27 heavy (non-hydrogen) atoms. The van der Waals surface area contributed by atoms with Gasteiger partial charge < -0.3 is 9.32 Å². The van der Waals surface area contributed by atoms with Gasteiger partial charge in [0.2, 0.25) is 0 Å². The zero-order chi connectivity index (χ0) is 18.8. The maximum atomic E-state index is 13.3. The summed E-state index contributed by atoms with van der Waals surface area (Å²) in [5, 5.41) is 14.1. The van der Waals surface area contributed by atoms with E-state index in [1.165, 1.54) is 12.1 Å². The molecule has 4 rings (SSSR count). The average Bonchev–Trinajstić information content (AvgIpc) is 3.34. The highest BCUT2D eigenvalue weighted by Gasteiger charge is 2.24. The van der Waals surface area contributed by atoms with E-state index in [9.17, 15) is 14.5 Å². The molecular weight excluding hydrogens is 371 g/mol. The molecule has 1 aliphatic rings. The third-order valence-electron chi connectivity index (χ3n) is 4.52. The molecule has 7 nitrogen and oxygen atoms in total. The van der Waals surface area contributed by atoms with Crippen LogP contribution in [0.15, 0.2) is 46.4 Å². The fraction of sp³-hybridized carbons (Fsp3) is 0.278. The van der Waals surface area contributed by atoms with Crippen LogP contribution >= 0.6 is 11.3 Å². The van der Waals surface area contributed by atoms with Crippen molar-refractivity contribution in [3.63, 3.8) is 0 Å². The number of rotatable bonds is 5. The van der Waals surface area contributed by atoms with Crippen molar-refractivity contribution in [1.82, 2.24) is 9.88 Å². The van der Waals surface area contributed by atoms with Crippen LogP contribution in [0.5, 0.6) is 0 Å². The Kier molecular flexibility index (Phi) is 4.87. The summed E-state index contributed by atoms with van der Waals surface area (Å²) in [6.45, 7) is 3.50. The number of hydrogen-bond donors (Lipinski definition) is 0. The van der Waals surface area contributed by atoms with Crippen molar-refractivity contribution < 1.29 is 13.7 Å². The van der Waals surface area contributed by atoms with E-state index in [-0.39, 0.29) is 5.69 Å². The fourth-order valence-electron chi connectivity index (χ4n) is 3.18. The van der Waals surface area contributed by atoms with E-state index >= 15 is 0 Å². The summed E-state index contributed by atoms with van der Waals surface area (Å²) in [4.78, 5) is 19.5. The van der Waals surface area contributed by atoms with Crippen LogP contribution in [0.3, 0.4) is 0 Å². The predicted molar refractivity (Wildman–Crippen MR) is 100 cm³/mol. The Hall–Kier alpha value is -2.78. The van der Waals surface area contributed by atoms with Crippen LogP contribution in [0, 0.1) is 15.9 Å². The molecule has 1 saturated heterocycles. The Balaban J connectivity index is 1.39. The lowest BCUT2D eigenvalue weighted by molar-refractivity contribution is -0.384. The molecule has 1 aliphatic heterocycles. The molecule has 1 aromatic carbocycles. The van der Waals surface area contributed by atoms with Gasteiger partial charge in [0, 0.05) is 38.1 Å². The van der Waals surface area contributed by atoms with Gasteiger partial charge in [0.1, 0.15) is 11.5 Å². The summed E-state index contributed by atoms with van der Waals surface area (Å²) in [6.07, 6.45) is 1.63. The molecular formula is C18H17FN4O3S. The number of hydrogen-bond acceptors (Lipinski definition) is 7. The van der Waals surface area contributed by atoms with E-state index in [1.54, 1.807) is 17.6 Å². The van der Waals surface area contributed by atoms with Crippen molar-refractivity contribution in [3.05, 3.63) is 63.6 Å². The number of nitrogens with zero attached hydrogens (tertiary/aromatic N) is 4. The number of thiazole rings is 1. The first kappa shape index (κ1) is 17.6. The van der Waals surface area contributed by atoms with Crippen molar-refractivity contribution in [2.45, 2.75) is 6.54 Å². The number of aromatic nitrogens is 1. The van der Waals surface area contributed by atoms with E-state index in [0.717, 1.165) is 42.2 Å². The second-order valence-corrected chi connectivity index (χ2v) is 7.13. The predicted octanol–water partition coefficient (Wildman–Crippen LogP) is 3.77. The average molecular weight is 388 g/mol. The summed E-state index contributed by atoms with van der Waals surface area (Å²) in [7, 11) is 0. The number of halogens is 1. The van der Waals surface area contributed by atoms with Crippen LogP contribution in [-0.2, 0) is 6.54 Å². The van der Waals surface area contributed by atoms with Crippen molar-refractivity contribution in [2.24, 2.45) is 0 Å². The molecule has 3 heterocycles. The summed E-state index contributed by atoms with van der Waals surface area (Å²) in [5.41, 5.74) is 1.26. The molecule has 0 radical (unpaired) electrons. The summed E-state index contributed by atoms with van der Waals surface area (Å²) >= 11 is 1.55. The third-order valence-corrected chi connectivity index (χ3v) is 5.42. The minimum atomic E-state index is -0.597. The van der Waals surface area contributed by atoms with Crippen molar-refractivity contribution >= 4 is 22.7 Å². The molecule has 0 atom stereocenters. The molecule has 0 spiro atoms. The van der Waals surface area contributed by atoms with Gasteiger partial charge in [-0.05, 0) is 24.3 Å². The zero-order valence-electron chi connectivity index (χ0n) is 14.4. The van der Waals surface area contributed by atoms with Gasteiger partial charge in [-0.1, -0.05) is 0 Å². The Morgan fingerprint density at radius 2 is 2.07 bits per heavy atom. The number of furan rings is 1. The van der Waals surface area contributed by atoms with Gasteiger partial charge in [-0.15, -0.1) is 11.3 Å². The van der Waals surface area contributed by atoms with E-state index in [2.05, 4.69) is 9.88 Å². The van der Waals surface area contributed by atoms with Gasteiger partial charge in [-0.2, -0.15) is 0 Å². The lowest BCUT2D eigenvalue weighted by Gasteiger charge is -2.35. The maximum Gasteiger partial charge on any atom is 0.295 e. The Bertz CT molecular complexity index is 936. The van der Waals surface area contributed by atoms with Crippen LogP contribution in [0.25, 0.3) is 10.8 Å². The number of piperazine rings is 1. The monoisotopic (exact) mass is 388 g/mol. The Morgan fingerprint density at radius 3 is 2.78 bits per heavy atom. The number of anilines is 1. The summed E-state index contributed by atoms with van der Waals surface area (Å²) < 4.78 is 18.7. The van der Waals surface area contributed by atoms with Gasteiger partial charge in [-0.25, -0.2) is 9.37 Å². The highest BCUT2D eigenvalue weighted by Crippen LogP contribution is 2.30. The molecule has 3 aromatic rings. The normalized spacial score (nSPS) is 15.2. The quantitative estimate of drug-likeness (QED) is 0.489. The fourth-order valence-corrected chi connectivity index (χ4v) is 3.96. The van der Waals surface area contributed by atoms with E-state index in [4.69, 9.17) is 4.42 Å². The van der Waals surface area contributed by atoms with Crippen LogP contribution in [-0.4, -0.2) is 41.0 Å². The molecule has 0 bridgehead atoms. The highest BCUT2D eigenvalue weighted by molar-refractivity contribution is 7.13. The number of nitro groups is 1. The van der Waals surface area contributed by atoms with Crippen LogP contribution < -0.4 is 4.90 Å². The molecule has 0 aliphatic carbocycles. The lowest BCUT2D eigenvalue weighted by Crippen LogP contribution is -2.46. The van der Waals surface area contributed by atoms with Crippen molar-refractivity contribution in [3.8, 4) is 10.8 Å². The molecule has 0 N–H and O–H groups in total. The maximum absolute atomic E-state index is 13.3. The van der Waals surface area contributed by atoms with Gasteiger partial charge in [0.15, 0.2) is 10.8 Å². The van der Waals surface area contributed by atoms with Crippen molar-refractivity contribution in [2.75, 3.05) is 31.1 Å². The van der Waals surface area contributed by atoms with E-state index < -0.39 is 10.7 Å². The molecule has 0 amide bonds. The van der Waals surface area contributed by atoms with Gasteiger partial charge in [0.25, 0.3) is 5.69 Å². The van der Waals surface area contributed by atoms with E-state index in [0.29, 0.717) is 18.8 Å². The minimum Gasteiger partial charge on any atom is -0.462 e. The second-order valence-electron chi connectivity index (χ2n) is 6.27. The zero-order valence-corrected chi connectivity index (χ0v) is 15.2. The standard InChI is InChI=1S/C18H17FN4O3S/c19-13-3-4-15(16(10-13)23(24)25)22-7-5-21(6-8-22)11-14-12-27-18(20-14)17-2-1-9-26-17/h1-4,9-10,12H,5-8,11H2. The topological polar surface area (TPSA) is 75.7 Å². The van der Waals surface area contributed by atoms with Gasteiger partial charge in [-0.3, -0.25) is 15.0 Å². The van der Waals surface area contributed by atoms with Gasteiger partial charge in [0.05, 0.1) is 22.9 Å². The largest absolute Gasteiger partial charge is 0.462 e. The van der Waals surface area contributed by atoms with Crippen molar-refractivity contribution in [1.29, 1.82) is 0 Å². The first-order valence-corrected chi connectivity index (χ1v) is 9.37. The van der Waals surface area contributed by atoms with Crippen LogP contribution in [0.4, 0.5) is 15.8 Å². The van der Waals surface area contributed by atoms with Gasteiger partial charge >= 0.3 is 0 Å². The Labute approximate surface area is 158 Å². The molecule has 9 heteroatoms. The molecule has 0 unspecified atom stereocenters. The first-order chi connectivity index (χ1) is 13.1. The first-order valence-electron chi connectivity index (χ1n) is 8.49. The highest BCUT2D eigenvalue weighted by atomic mass is 32.1. The smallest absolute Gasteiger partial charge is 0.295 e. The summed E-state index contributed by atoms with van der Waals surface area (Å²) in [5.74, 6) is 0.166. The summed E-state index contributed by atoms with van der Waals surface area (Å²) in [6, 6.07) is 7.45. The second kappa shape index (κ2) is 7.45. The molecule has 2 aromatic heterocycles. The third kappa shape index (κ3) is 3.83. The molecule has 140 valence electrons. The lowest BCUT2D eigenvalue weighted by atomic mass is 10.2. The number of benzene rings is 1. The SMILES string of the molecule is O=[N+]([O-])c1cc(F)ccc1N1CCN(Cc2csc(-c3ccco3)n2)CC1. The Morgan fingerprint density at radius 1 is 1.26 bits per heavy atom. The van der Waals surface area contributed by atoms with E-state index in [1.807, 2.05) is 22.4 Å². The molecule has 1 fully saturated rings.